The number of aliphatic carboxylic acids is 1. The molecule has 0 amide bonds. The van der Waals surface area contributed by atoms with Gasteiger partial charge in [0, 0.05) is 13.0 Å². The topological polar surface area (TPSA) is 702 Å². The van der Waals surface area contributed by atoms with Crippen molar-refractivity contribution >= 4 is 64.4 Å². The Bertz CT molecular complexity index is 2340. The summed E-state index contributed by atoms with van der Waals surface area (Å²) in [6, 6.07) is -3.00. The molecule has 5 aliphatic rings. The van der Waals surface area contributed by atoms with Gasteiger partial charge in [0.1, 0.15) is 18.5 Å². The number of ether oxygens (including phenoxy) is 10. The maximum absolute atomic E-state index is 11.5. The van der Waals surface area contributed by atoms with Gasteiger partial charge in [0.2, 0.25) is 58.3 Å². The first-order valence-corrected chi connectivity index (χ1v) is 28.2. The molecule has 51 heteroatoms. The fourth-order valence-electron chi connectivity index (χ4n) is 6.99. The van der Waals surface area contributed by atoms with Gasteiger partial charge in [-0.25, -0.2) is 46.9 Å². The molecule has 0 aromatic heterocycles. The Kier molecular flexibility index (Phi) is 50.7. The van der Waals surface area contributed by atoms with Crippen LogP contribution in [-0.2, 0) is 113 Å². The average molecular weight is 1390 g/mol. The van der Waals surface area contributed by atoms with Gasteiger partial charge in [-0.15, -0.1) is 0 Å². The summed E-state index contributed by atoms with van der Waals surface area (Å²) in [6.07, 6.45) is -24.1. The molecule has 5 rings (SSSR count). The van der Waals surface area contributed by atoms with E-state index < -0.39 is 199 Å². The zero-order valence-electron chi connectivity index (χ0n) is 46.3. The van der Waals surface area contributed by atoms with E-state index in [4.69, 9.17) is 135 Å². The van der Waals surface area contributed by atoms with E-state index in [-0.39, 0.29) is 160 Å². The number of rotatable bonds is 12. The number of hydrogen-bond acceptors (Lipinski definition) is 36. The Morgan fingerprint density at radius 2 is 0.953 bits per heavy atom. The minimum Gasteiger partial charge on any atom is -0.726 e. The average Bonchev–Trinajstić information content (AvgIpc) is 3.26. The number of aliphatic hydroxyl groups is 5. The summed E-state index contributed by atoms with van der Waals surface area (Å²) < 4.78 is 224. The predicted molar refractivity (Wildman–Crippen MR) is 242 cm³/mol. The van der Waals surface area contributed by atoms with Gasteiger partial charge in [-0.1, -0.05) is 25.2 Å². The summed E-state index contributed by atoms with van der Waals surface area (Å²) in [7, 11) is -23.7. The third-order valence-corrected chi connectivity index (χ3v) is 11.2. The number of nitrogens with two attached hydrogens (primary N) is 3. The van der Waals surface area contributed by atoms with E-state index in [2.05, 4.69) is 25.0 Å². The summed E-state index contributed by atoms with van der Waals surface area (Å²) in [5.41, 5.74) is 17.7. The molecule has 0 aliphatic carbocycles. The van der Waals surface area contributed by atoms with Gasteiger partial charge in [-0.3, -0.25) is 33.6 Å². The molecule has 16 N–H and O–H groups in total. The fraction of sp³-hybridized carbons (Fsp3) is 0.824. The standard InChI is InChI=1S/C20H33N2O14S.C14H24NO8.5Na.4H2O4S/c1-7-11(29-4)5-10(21)18(32-7)34-16-14(25)17(36-37(26,27)28)20(35-19(16)30-6-23)33-15-9(3)31-8(2)12(22)13(15)24;1-4-5(2)21-12(13(19)20)11(8(4)16)23-14-7(15)10(18)9(17)6(3)22-14;;;;;;4*1-5(2,3)4/h5-20,24-25H,1,3,21-22H2,2,4H3,(H,26,27,28);4-12,14,16-18H,3,15H2,1-2H3,(H,19,20);;;;;;4*(H2,1,2,3,4)/q-3;-1;5*+1;;;;/p-5/t7?,8-,9?,10?,11+,12?,13-,14+,15-,16+,17?,18-,19?,20-;4?,5-,6-,7?,8+,9+,10+,11-,12+,14+;;;;;;;;;/m10........./s1. The zero-order valence-corrected chi connectivity index (χ0v) is 60.4. The molecule has 0 radical (unpaired) electrons. The fourth-order valence-corrected chi connectivity index (χ4v) is 7.46. The summed E-state index contributed by atoms with van der Waals surface area (Å²) in [6.45, 7) is 15.9. The Labute approximate surface area is 599 Å². The monoisotopic (exact) mass is 1390 g/mol. The minimum atomic E-state index is -5.45. The van der Waals surface area contributed by atoms with Crippen molar-refractivity contribution in [3.05, 3.63) is 27.2 Å². The molecule has 85 heavy (non-hydrogen) atoms. The van der Waals surface area contributed by atoms with Crippen molar-refractivity contribution in [3.63, 3.8) is 0 Å². The molecule has 0 aromatic carbocycles. The second-order valence-electron chi connectivity index (χ2n) is 16.6. The smallest absolute Gasteiger partial charge is 0.726 e. The third kappa shape index (κ3) is 39.9. The van der Waals surface area contributed by atoms with Gasteiger partial charge in [-0.2, -0.15) is 0 Å². The van der Waals surface area contributed by atoms with Crippen molar-refractivity contribution in [2.75, 3.05) is 7.11 Å². The van der Waals surface area contributed by atoms with Crippen LogP contribution in [0.1, 0.15) is 20.8 Å². The van der Waals surface area contributed by atoms with E-state index in [1.54, 1.807) is 20.8 Å². The maximum atomic E-state index is 11.5. The Morgan fingerprint density at radius 1 is 0.529 bits per heavy atom. The molecule has 478 valence electrons. The molecule has 5 aliphatic heterocycles. The van der Waals surface area contributed by atoms with Crippen LogP contribution in [0.3, 0.4) is 0 Å². The maximum Gasteiger partial charge on any atom is 1.00 e. The molecule has 0 spiro atoms. The molecule has 5 heterocycles. The number of carbonyl (C=O) groups excluding carboxylic acids is 1. The van der Waals surface area contributed by atoms with Gasteiger partial charge < -0.3 is 139 Å². The summed E-state index contributed by atoms with van der Waals surface area (Å²) in [4.78, 5) is 22.5. The molecule has 24 atom stereocenters. The number of methoxy groups -OCH3 is 1. The summed E-state index contributed by atoms with van der Waals surface area (Å²) in [5.74, 6) is -1.66. The number of aliphatic hydroxyl groups excluding tert-OH is 5. The quantitative estimate of drug-likeness (QED) is 0.0284. The zero-order chi connectivity index (χ0) is 63.1. The number of carboxylic acid groups (broad SMARTS) is 1. The molecule has 0 saturated carbocycles. The van der Waals surface area contributed by atoms with E-state index in [1.165, 1.54) is 13.5 Å². The van der Waals surface area contributed by atoms with Crippen LogP contribution in [0.15, 0.2) is 0 Å². The number of carboxylic acids is 1. The molecule has 0 bridgehead atoms. The van der Waals surface area contributed by atoms with Gasteiger partial charge in [0.15, 0.2) is 30.9 Å². The van der Waals surface area contributed by atoms with Crippen LogP contribution in [0.4, 0.5) is 0 Å². The van der Waals surface area contributed by atoms with Gasteiger partial charge >= 0.3 is 154 Å². The van der Waals surface area contributed by atoms with Crippen LogP contribution in [0.2, 0.25) is 0 Å². The summed E-state index contributed by atoms with van der Waals surface area (Å²) >= 11 is 0. The molecule has 5 fully saturated rings. The van der Waals surface area contributed by atoms with Crippen LogP contribution in [0.5, 0.6) is 0 Å². The van der Waals surface area contributed by atoms with Gasteiger partial charge in [-0.05, 0) is 26.1 Å². The van der Waals surface area contributed by atoms with Gasteiger partial charge in [0.25, 0.3) is 6.47 Å². The van der Waals surface area contributed by atoms with Crippen LogP contribution in [0, 0.1) is 33.1 Å². The van der Waals surface area contributed by atoms with E-state index >= 15 is 0 Å². The van der Waals surface area contributed by atoms with Crippen molar-refractivity contribution < 1.29 is 323 Å². The van der Waals surface area contributed by atoms with Crippen molar-refractivity contribution in [3.8, 4) is 0 Å². The first kappa shape index (κ1) is 98.7. The summed E-state index contributed by atoms with van der Waals surface area (Å²) in [5, 5.41) is 60.7. The Hall–Kier alpha value is 2.61. The van der Waals surface area contributed by atoms with Crippen molar-refractivity contribution in [2.45, 2.75) is 162 Å². The molecule has 8 unspecified atom stereocenters. The van der Waals surface area contributed by atoms with Crippen molar-refractivity contribution in [1.29, 1.82) is 0 Å². The predicted octanol–water partition coefficient (Wildman–Crippen LogP) is -24.9. The normalized spacial score (nSPS) is 37.3. The molecular formula is C34H60N3Na5O38S5-4. The van der Waals surface area contributed by atoms with E-state index in [0.717, 1.165) is 0 Å². The largest absolute Gasteiger partial charge is 1.00 e. The molecule has 41 nitrogen and oxygen atoms in total. The van der Waals surface area contributed by atoms with Crippen molar-refractivity contribution in [2.24, 2.45) is 23.1 Å². The van der Waals surface area contributed by atoms with E-state index in [9.17, 15) is 53.2 Å². The van der Waals surface area contributed by atoms with Crippen LogP contribution >= 0.6 is 0 Å². The van der Waals surface area contributed by atoms with Gasteiger partial charge in [0.05, 0.1) is 54.8 Å². The third-order valence-electron chi connectivity index (χ3n) is 10.7. The van der Waals surface area contributed by atoms with Crippen LogP contribution < -0.4 is 165 Å². The van der Waals surface area contributed by atoms with Crippen LogP contribution in [-0.4, -0.2) is 274 Å². The van der Waals surface area contributed by atoms with E-state index in [1.807, 2.05) is 0 Å². The van der Waals surface area contributed by atoms with E-state index in [0.29, 0.717) is 0 Å². The number of hydrogen-bond donors (Lipinski definition) is 13. The molecular weight excluding hydrogens is 1330 g/mol. The molecule has 0 aromatic rings. The van der Waals surface area contributed by atoms with Crippen LogP contribution in [0.25, 0.3) is 0 Å². The first-order valence-electron chi connectivity index (χ1n) is 21.4. The SMILES string of the molecule is O=S(=O)([O-])O.O=S(=O)([O-])O.O=S(=O)([O-])O.O=S(=O)([O-])O.[CH2-]C1O[C@H](O[C@@H]2C(OC=O)O[C@@H](O[C@@H]3C([CH2-])O[C@H](C)C(N)[C@H]3O)C(OS(=O)(=O)[O-])[C@H]2O)C(N)[CH-][C@@H]1OC.[CH2-][C@@H]1O[C@H](O[C@H]2[C@H](O)C(C)[C@H](C)O[C@H]2C(=O)O)C(N)[C@@H](O)[C@@H]1O.[Na+].[Na+].[Na+].[Na+].[Na+]. The Balaban J connectivity index is -0.000000276. The second-order valence-corrected chi connectivity index (χ2v) is 21.0. The minimum absolute atomic E-state index is 0. The molecule has 5 saturated heterocycles. The Morgan fingerprint density at radius 3 is 1.36 bits per heavy atom. The second kappa shape index (κ2) is 43.6. The van der Waals surface area contributed by atoms with Crippen molar-refractivity contribution in [1.82, 2.24) is 0 Å². The first-order chi connectivity index (χ1) is 35.9. The number of carbonyl (C=O) groups is 2.